The fraction of sp³-hybridized carbons (Fsp3) is 0.217. The predicted molar refractivity (Wildman–Crippen MR) is 112 cm³/mol. The van der Waals surface area contributed by atoms with Gasteiger partial charge in [-0.1, -0.05) is 12.1 Å². The molecule has 7 heteroatoms. The number of anilines is 1. The summed E-state index contributed by atoms with van der Waals surface area (Å²) in [5, 5.41) is 2.89. The van der Waals surface area contributed by atoms with Crippen LogP contribution < -0.4 is 15.0 Å². The van der Waals surface area contributed by atoms with Crippen LogP contribution in [0.4, 0.5) is 5.69 Å². The molecule has 0 unspecified atom stereocenters. The van der Waals surface area contributed by atoms with Crippen molar-refractivity contribution in [1.29, 1.82) is 0 Å². The fourth-order valence-electron chi connectivity index (χ4n) is 3.33. The SMILES string of the molecule is Cc1ccc2c(c1)N(CCCC(=O)NCc1cccnc1)C(=O)c1cccnc1O2. The number of rotatable bonds is 6. The number of aromatic nitrogens is 2. The Morgan fingerprint density at radius 1 is 1.17 bits per heavy atom. The number of hydrogen-bond donors (Lipinski definition) is 1. The number of nitrogens with zero attached hydrogens (tertiary/aromatic N) is 3. The first-order chi connectivity index (χ1) is 14.6. The third-order valence-electron chi connectivity index (χ3n) is 4.86. The van der Waals surface area contributed by atoms with Gasteiger partial charge in [0.05, 0.1) is 5.69 Å². The van der Waals surface area contributed by atoms with Gasteiger partial charge in [-0.25, -0.2) is 4.98 Å². The van der Waals surface area contributed by atoms with E-state index in [0.29, 0.717) is 48.8 Å². The molecule has 3 aromatic rings. The van der Waals surface area contributed by atoms with Crippen LogP contribution in [0.1, 0.15) is 34.3 Å². The van der Waals surface area contributed by atoms with E-state index >= 15 is 0 Å². The second-order valence-corrected chi connectivity index (χ2v) is 7.13. The minimum Gasteiger partial charge on any atom is -0.436 e. The summed E-state index contributed by atoms with van der Waals surface area (Å²) in [4.78, 5) is 35.3. The molecule has 7 nitrogen and oxygen atoms in total. The molecule has 0 aliphatic carbocycles. The van der Waals surface area contributed by atoms with Crippen molar-refractivity contribution in [3.8, 4) is 11.6 Å². The van der Waals surface area contributed by atoms with Gasteiger partial charge in [0, 0.05) is 38.1 Å². The van der Waals surface area contributed by atoms with Gasteiger partial charge in [0.15, 0.2) is 5.75 Å². The lowest BCUT2D eigenvalue weighted by atomic mass is 10.1. The van der Waals surface area contributed by atoms with Crippen LogP contribution in [0.15, 0.2) is 61.1 Å². The zero-order valence-electron chi connectivity index (χ0n) is 16.7. The molecule has 152 valence electrons. The number of benzene rings is 1. The molecule has 1 N–H and O–H groups in total. The summed E-state index contributed by atoms with van der Waals surface area (Å²) in [6.45, 7) is 2.79. The summed E-state index contributed by atoms with van der Waals surface area (Å²) < 4.78 is 5.91. The number of fused-ring (bicyclic) bond motifs is 2. The normalized spacial score (nSPS) is 12.4. The second-order valence-electron chi connectivity index (χ2n) is 7.13. The number of hydrogen-bond acceptors (Lipinski definition) is 5. The van der Waals surface area contributed by atoms with E-state index in [1.807, 2.05) is 37.3 Å². The highest BCUT2D eigenvalue weighted by Crippen LogP contribution is 2.38. The van der Waals surface area contributed by atoms with E-state index in [-0.39, 0.29) is 11.8 Å². The summed E-state index contributed by atoms with van der Waals surface area (Å²) in [7, 11) is 0. The third-order valence-corrected chi connectivity index (χ3v) is 4.86. The molecule has 0 radical (unpaired) electrons. The third kappa shape index (κ3) is 4.30. The van der Waals surface area contributed by atoms with E-state index in [9.17, 15) is 9.59 Å². The fourth-order valence-corrected chi connectivity index (χ4v) is 3.33. The Morgan fingerprint density at radius 3 is 2.87 bits per heavy atom. The lowest BCUT2D eigenvalue weighted by molar-refractivity contribution is -0.121. The molecule has 0 saturated heterocycles. The molecular formula is C23H22N4O3. The molecule has 0 bridgehead atoms. The topological polar surface area (TPSA) is 84.4 Å². The van der Waals surface area contributed by atoms with Crippen LogP contribution >= 0.6 is 0 Å². The van der Waals surface area contributed by atoms with E-state index in [1.165, 1.54) is 0 Å². The van der Waals surface area contributed by atoms with Crippen molar-refractivity contribution in [1.82, 2.24) is 15.3 Å². The minimum absolute atomic E-state index is 0.0658. The molecule has 0 atom stereocenters. The number of carbonyl (C=O) groups excluding carboxylic acids is 2. The number of ether oxygens (including phenoxy) is 1. The quantitative estimate of drug-likeness (QED) is 0.681. The van der Waals surface area contributed by atoms with Gasteiger partial charge in [-0.3, -0.25) is 14.6 Å². The Balaban J connectivity index is 1.45. The minimum atomic E-state index is -0.182. The molecule has 0 spiro atoms. The number of aryl methyl sites for hydroxylation is 1. The number of nitrogens with one attached hydrogen (secondary N) is 1. The van der Waals surface area contributed by atoms with Crippen LogP contribution in [0.3, 0.4) is 0 Å². The predicted octanol–water partition coefficient (Wildman–Crippen LogP) is 3.63. The van der Waals surface area contributed by atoms with Crippen LogP contribution in [0.25, 0.3) is 0 Å². The zero-order valence-corrected chi connectivity index (χ0v) is 16.7. The van der Waals surface area contributed by atoms with Crippen LogP contribution in [0.5, 0.6) is 11.6 Å². The Hall–Kier alpha value is -3.74. The molecule has 1 aromatic carbocycles. The van der Waals surface area contributed by atoms with Gasteiger partial charge < -0.3 is 15.0 Å². The van der Waals surface area contributed by atoms with Crippen molar-refractivity contribution in [2.45, 2.75) is 26.3 Å². The van der Waals surface area contributed by atoms with E-state index in [0.717, 1.165) is 11.1 Å². The van der Waals surface area contributed by atoms with E-state index in [4.69, 9.17) is 4.74 Å². The van der Waals surface area contributed by atoms with Crippen molar-refractivity contribution in [3.63, 3.8) is 0 Å². The molecule has 0 saturated carbocycles. The Labute approximate surface area is 174 Å². The van der Waals surface area contributed by atoms with E-state index < -0.39 is 0 Å². The summed E-state index contributed by atoms with van der Waals surface area (Å²) in [5.74, 6) is 0.624. The maximum absolute atomic E-state index is 13.2. The highest BCUT2D eigenvalue weighted by molar-refractivity contribution is 6.09. The first-order valence-corrected chi connectivity index (χ1v) is 9.83. The van der Waals surface area contributed by atoms with Gasteiger partial charge in [0.2, 0.25) is 11.8 Å². The van der Waals surface area contributed by atoms with Crippen molar-refractivity contribution in [2.75, 3.05) is 11.4 Å². The van der Waals surface area contributed by atoms with Gasteiger partial charge in [0.1, 0.15) is 5.56 Å². The van der Waals surface area contributed by atoms with E-state index in [1.54, 1.807) is 35.6 Å². The van der Waals surface area contributed by atoms with Crippen molar-refractivity contribution in [2.24, 2.45) is 0 Å². The van der Waals surface area contributed by atoms with Crippen LogP contribution in [0, 0.1) is 6.92 Å². The Morgan fingerprint density at radius 2 is 2.03 bits per heavy atom. The molecule has 0 fully saturated rings. The lowest BCUT2D eigenvalue weighted by Gasteiger charge is -2.22. The highest BCUT2D eigenvalue weighted by atomic mass is 16.5. The van der Waals surface area contributed by atoms with Gasteiger partial charge in [-0.15, -0.1) is 0 Å². The molecule has 1 aliphatic rings. The molecule has 2 amide bonds. The summed E-state index contributed by atoms with van der Waals surface area (Å²) >= 11 is 0. The average Bonchev–Trinajstić information content (AvgIpc) is 2.88. The van der Waals surface area contributed by atoms with Crippen LogP contribution in [-0.4, -0.2) is 28.3 Å². The standard InChI is InChI=1S/C23H22N4O3/c1-16-8-9-20-19(13-16)27(23(29)18-6-3-11-25-22(18)30-20)12-4-7-21(28)26-15-17-5-2-10-24-14-17/h2-3,5-6,8-11,13-14H,4,7,12,15H2,1H3,(H,26,28). The number of pyridine rings is 2. The first-order valence-electron chi connectivity index (χ1n) is 9.83. The monoisotopic (exact) mass is 402 g/mol. The Bertz CT molecular complexity index is 1070. The number of carbonyl (C=O) groups is 2. The van der Waals surface area contributed by atoms with Gasteiger partial charge in [0.25, 0.3) is 5.91 Å². The average molecular weight is 402 g/mol. The second kappa shape index (κ2) is 8.73. The zero-order chi connectivity index (χ0) is 20.9. The molecule has 1 aliphatic heterocycles. The van der Waals surface area contributed by atoms with Crippen LogP contribution in [0.2, 0.25) is 0 Å². The van der Waals surface area contributed by atoms with Gasteiger partial charge in [-0.05, 0) is 54.8 Å². The molecule has 3 heterocycles. The summed E-state index contributed by atoms with van der Waals surface area (Å²) in [5.41, 5.74) is 3.06. The maximum atomic E-state index is 13.2. The Kier molecular flexibility index (Phi) is 5.70. The maximum Gasteiger partial charge on any atom is 0.263 e. The summed E-state index contributed by atoms with van der Waals surface area (Å²) in [6.07, 6.45) is 5.85. The lowest BCUT2D eigenvalue weighted by Crippen LogP contribution is -2.32. The highest BCUT2D eigenvalue weighted by Gasteiger charge is 2.28. The smallest absolute Gasteiger partial charge is 0.263 e. The molecule has 30 heavy (non-hydrogen) atoms. The van der Waals surface area contributed by atoms with Crippen molar-refractivity contribution in [3.05, 3.63) is 77.7 Å². The van der Waals surface area contributed by atoms with Gasteiger partial charge in [-0.2, -0.15) is 0 Å². The molecule has 4 rings (SSSR count). The number of amides is 2. The summed E-state index contributed by atoms with van der Waals surface area (Å²) in [6, 6.07) is 12.9. The van der Waals surface area contributed by atoms with Crippen molar-refractivity contribution < 1.29 is 14.3 Å². The first kappa shape index (κ1) is 19.6. The van der Waals surface area contributed by atoms with E-state index in [2.05, 4.69) is 15.3 Å². The molecule has 2 aromatic heterocycles. The van der Waals surface area contributed by atoms with Crippen molar-refractivity contribution >= 4 is 17.5 Å². The largest absolute Gasteiger partial charge is 0.436 e. The molecular weight excluding hydrogens is 380 g/mol. The van der Waals surface area contributed by atoms with Gasteiger partial charge >= 0.3 is 0 Å². The van der Waals surface area contributed by atoms with Crippen LogP contribution in [-0.2, 0) is 11.3 Å².